The number of H-pyrrole nitrogens is 1. The molecule has 9 nitrogen and oxygen atoms in total. The number of nitrogens with one attached hydrogen (secondary N) is 2. The van der Waals surface area contributed by atoms with Crippen molar-refractivity contribution < 1.29 is 13.2 Å². The van der Waals surface area contributed by atoms with E-state index in [1.165, 1.54) is 10.8 Å². The number of aryl methyl sites for hydroxylation is 2. The van der Waals surface area contributed by atoms with Gasteiger partial charge in [0.15, 0.2) is 5.82 Å². The van der Waals surface area contributed by atoms with Crippen LogP contribution in [0.3, 0.4) is 0 Å². The Kier molecular flexibility index (Phi) is 7.02. The van der Waals surface area contributed by atoms with E-state index in [-0.39, 0.29) is 18.9 Å². The van der Waals surface area contributed by atoms with Gasteiger partial charge in [-0.15, -0.1) is 5.10 Å². The quantitative estimate of drug-likeness (QED) is 0.325. The van der Waals surface area contributed by atoms with Crippen molar-refractivity contribution >= 4 is 0 Å². The second-order valence-electron chi connectivity index (χ2n) is 9.50. The van der Waals surface area contributed by atoms with Gasteiger partial charge in [-0.3, -0.25) is 9.13 Å². The fourth-order valence-corrected chi connectivity index (χ4v) is 5.01. The predicted octanol–water partition coefficient (Wildman–Crippen LogP) is 4.57. The molecule has 4 heterocycles. The first-order chi connectivity index (χ1) is 18.8. The van der Waals surface area contributed by atoms with E-state index in [2.05, 4.69) is 25.9 Å². The molecule has 12 heteroatoms. The molecule has 0 saturated carbocycles. The summed E-state index contributed by atoms with van der Waals surface area (Å²) in [6.07, 6.45) is 8.05. The highest BCUT2D eigenvalue weighted by molar-refractivity contribution is 5.57. The summed E-state index contributed by atoms with van der Waals surface area (Å²) in [6.45, 7) is 4.27. The van der Waals surface area contributed by atoms with Crippen LogP contribution in [0.15, 0.2) is 72.1 Å². The number of nitrogens with zero attached hydrogens (tertiary/aromatic N) is 6. The summed E-state index contributed by atoms with van der Waals surface area (Å²) < 4.78 is 46.1. The maximum atomic E-state index is 14.0. The van der Waals surface area contributed by atoms with E-state index in [0.717, 1.165) is 34.6 Å². The molecule has 1 aromatic carbocycles. The third-order valence-corrected chi connectivity index (χ3v) is 7.05. The normalized spacial score (nSPS) is 14.6. The van der Waals surface area contributed by atoms with E-state index in [1.807, 2.05) is 43.3 Å². The second-order valence-corrected chi connectivity index (χ2v) is 9.50. The molecule has 0 atom stereocenters. The SMILES string of the molecule is CCCCc1cn(-c2c(C(F)(F)F)ccn2CC)c(=O)n1CC1(c2cccc(-c3nnn[nH]3)c2)C=CNC=C1. The molecule has 0 bridgehead atoms. The number of imidazole rings is 1. The molecule has 0 amide bonds. The van der Waals surface area contributed by atoms with Gasteiger partial charge in [0.1, 0.15) is 5.82 Å². The average molecular weight is 539 g/mol. The van der Waals surface area contributed by atoms with Crippen LogP contribution in [0, 0.1) is 0 Å². The Bertz CT molecular complexity index is 1540. The Morgan fingerprint density at radius 3 is 2.56 bits per heavy atom. The zero-order chi connectivity index (χ0) is 27.6. The molecule has 0 spiro atoms. The highest BCUT2D eigenvalue weighted by Crippen LogP contribution is 2.36. The fourth-order valence-electron chi connectivity index (χ4n) is 5.01. The second kappa shape index (κ2) is 10.4. The largest absolute Gasteiger partial charge is 0.419 e. The summed E-state index contributed by atoms with van der Waals surface area (Å²) in [7, 11) is 0. The van der Waals surface area contributed by atoms with Gasteiger partial charge < -0.3 is 9.88 Å². The first-order valence-electron chi connectivity index (χ1n) is 12.8. The molecule has 0 fully saturated rings. The first kappa shape index (κ1) is 26.3. The zero-order valence-corrected chi connectivity index (χ0v) is 21.6. The molecule has 0 saturated heterocycles. The molecule has 3 aromatic heterocycles. The molecule has 4 aromatic rings. The van der Waals surface area contributed by atoms with Crippen molar-refractivity contribution in [2.45, 2.75) is 57.8 Å². The molecule has 0 unspecified atom stereocenters. The monoisotopic (exact) mass is 538 g/mol. The smallest absolute Gasteiger partial charge is 0.368 e. The van der Waals surface area contributed by atoms with Gasteiger partial charge in [-0.05, 0) is 60.3 Å². The van der Waals surface area contributed by atoms with Crippen molar-refractivity contribution in [2.75, 3.05) is 0 Å². The number of aromatic nitrogens is 7. The minimum Gasteiger partial charge on any atom is -0.368 e. The number of rotatable bonds is 9. The lowest BCUT2D eigenvalue weighted by Gasteiger charge is -2.31. The van der Waals surface area contributed by atoms with E-state index in [4.69, 9.17) is 0 Å². The number of benzene rings is 1. The summed E-state index contributed by atoms with van der Waals surface area (Å²) in [4.78, 5) is 13.9. The van der Waals surface area contributed by atoms with Crippen LogP contribution in [0.5, 0.6) is 0 Å². The van der Waals surface area contributed by atoms with E-state index in [0.29, 0.717) is 17.9 Å². The summed E-state index contributed by atoms with van der Waals surface area (Å²) >= 11 is 0. The lowest BCUT2D eigenvalue weighted by Crippen LogP contribution is -2.36. The minimum atomic E-state index is -4.60. The van der Waals surface area contributed by atoms with Crippen LogP contribution in [-0.4, -0.2) is 34.3 Å². The molecule has 1 aliphatic heterocycles. The summed E-state index contributed by atoms with van der Waals surface area (Å²) in [5.74, 6) is 0.331. The topological polar surface area (TPSA) is 98.3 Å². The van der Waals surface area contributed by atoms with Gasteiger partial charge in [-0.1, -0.05) is 43.7 Å². The molecule has 0 aliphatic carbocycles. The molecule has 5 rings (SSSR count). The number of dihydropyridines is 1. The van der Waals surface area contributed by atoms with E-state index in [9.17, 15) is 18.0 Å². The van der Waals surface area contributed by atoms with E-state index in [1.54, 1.807) is 30.1 Å². The molecule has 204 valence electrons. The molecule has 39 heavy (non-hydrogen) atoms. The third kappa shape index (κ3) is 4.93. The van der Waals surface area contributed by atoms with E-state index < -0.39 is 22.8 Å². The zero-order valence-electron chi connectivity index (χ0n) is 21.6. The maximum absolute atomic E-state index is 14.0. The first-order valence-corrected chi connectivity index (χ1v) is 12.8. The number of halogens is 3. The van der Waals surface area contributed by atoms with Crippen LogP contribution in [0.4, 0.5) is 13.2 Å². The van der Waals surface area contributed by atoms with Crippen LogP contribution in [0.2, 0.25) is 0 Å². The van der Waals surface area contributed by atoms with Crippen molar-refractivity contribution in [3.8, 4) is 17.2 Å². The van der Waals surface area contributed by atoms with Gasteiger partial charge in [-0.25, -0.2) is 9.89 Å². The lowest BCUT2D eigenvalue weighted by atomic mass is 9.78. The Hall–Kier alpha value is -4.35. The van der Waals surface area contributed by atoms with E-state index >= 15 is 0 Å². The molecule has 1 aliphatic rings. The standard InChI is InChI=1S/C27H29F3N8O/c1-3-5-9-21-17-37(24-22(27(28,29)30)10-15-36(24)4-2)25(39)38(21)18-26(11-13-31-14-12-26)20-8-6-7-19(16-20)23-32-34-35-33-23/h6-8,10-17,31H,3-5,9,18H2,1-2H3,(H,32,33,34,35). The fraction of sp³-hybridized carbons (Fsp3) is 0.333. The molecular weight excluding hydrogens is 509 g/mol. The number of tetrazole rings is 1. The van der Waals surface area contributed by atoms with Gasteiger partial charge in [0, 0.05) is 36.7 Å². The number of aromatic amines is 1. The lowest BCUT2D eigenvalue weighted by molar-refractivity contribution is -0.137. The van der Waals surface area contributed by atoms with Crippen LogP contribution >= 0.6 is 0 Å². The minimum absolute atomic E-state index is 0.170. The molecule has 0 radical (unpaired) electrons. The van der Waals surface area contributed by atoms with Crippen molar-refractivity contribution in [3.05, 3.63) is 94.6 Å². The average Bonchev–Trinajstić information content (AvgIpc) is 3.68. The number of unbranched alkanes of at least 4 members (excludes halogenated alkanes) is 1. The molecular formula is C27H29F3N8O. The van der Waals surface area contributed by atoms with Crippen LogP contribution < -0.4 is 11.0 Å². The number of allylic oxidation sites excluding steroid dienone is 2. The van der Waals surface area contributed by atoms with Crippen LogP contribution in [-0.2, 0) is 31.1 Å². The number of alkyl halides is 3. The van der Waals surface area contributed by atoms with Gasteiger partial charge >= 0.3 is 11.9 Å². The van der Waals surface area contributed by atoms with Gasteiger partial charge in [0.05, 0.1) is 11.0 Å². The highest BCUT2D eigenvalue weighted by atomic mass is 19.4. The predicted molar refractivity (Wildman–Crippen MR) is 140 cm³/mol. The third-order valence-electron chi connectivity index (χ3n) is 7.05. The van der Waals surface area contributed by atoms with Gasteiger partial charge in [-0.2, -0.15) is 13.2 Å². The van der Waals surface area contributed by atoms with Crippen molar-refractivity contribution in [1.82, 2.24) is 39.6 Å². The Labute approximate surface area is 222 Å². The Morgan fingerprint density at radius 1 is 1.10 bits per heavy atom. The van der Waals surface area contributed by atoms with Gasteiger partial charge in [0.2, 0.25) is 0 Å². The summed E-state index contributed by atoms with van der Waals surface area (Å²) in [6, 6.07) is 8.68. The Balaban J connectivity index is 1.66. The molecule has 2 N–H and O–H groups in total. The number of hydrogen-bond donors (Lipinski definition) is 2. The summed E-state index contributed by atoms with van der Waals surface area (Å²) in [5.41, 5.74) is 0.203. The van der Waals surface area contributed by atoms with Gasteiger partial charge in [0.25, 0.3) is 0 Å². The van der Waals surface area contributed by atoms with Crippen LogP contribution in [0.1, 0.15) is 43.5 Å². The Morgan fingerprint density at radius 2 is 1.90 bits per heavy atom. The van der Waals surface area contributed by atoms with Crippen LogP contribution in [0.25, 0.3) is 17.2 Å². The summed E-state index contributed by atoms with van der Waals surface area (Å²) in [5, 5.41) is 17.1. The maximum Gasteiger partial charge on any atom is 0.419 e. The van der Waals surface area contributed by atoms with Crippen molar-refractivity contribution in [1.29, 1.82) is 0 Å². The van der Waals surface area contributed by atoms with Crippen molar-refractivity contribution in [3.63, 3.8) is 0 Å². The highest BCUT2D eigenvalue weighted by Gasteiger charge is 2.37. The van der Waals surface area contributed by atoms with Crippen molar-refractivity contribution in [2.24, 2.45) is 0 Å². The number of hydrogen-bond acceptors (Lipinski definition) is 5.